The van der Waals surface area contributed by atoms with Crippen molar-refractivity contribution in [2.45, 2.75) is 13.5 Å². The molecule has 3 rings (SSSR count). The number of benzene rings is 2. The van der Waals surface area contributed by atoms with Crippen LogP contribution in [-0.4, -0.2) is 13.1 Å². The first-order valence-corrected chi connectivity index (χ1v) is 7.45. The van der Waals surface area contributed by atoms with Gasteiger partial charge in [0.25, 0.3) is 0 Å². The van der Waals surface area contributed by atoms with Gasteiger partial charge in [-0.3, -0.25) is 0 Å². The van der Waals surface area contributed by atoms with Gasteiger partial charge in [-0.2, -0.15) is 0 Å². The van der Waals surface area contributed by atoms with Crippen LogP contribution in [0.4, 0.5) is 0 Å². The van der Waals surface area contributed by atoms with Crippen molar-refractivity contribution in [2.75, 3.05) is 7.11 Å². The Hall–Kier alpha value is -2.46. The Labute approximate surface area is 138 Å². The predicted octanol–water partition coefficient (Wildman–Crippen LogP) is 4.76. The molecule has 0 aliphatic carbocycles. The lowest BCUT2D eigenvalue weighted by Gasteiger charge is -2.06. The molecule has 2 aromatic carbocycles. The van der Waals surface area contributed by atoms with Crippen molar-refractivity contribution in [3.05, 3.63) is 64.4 Å². The zero-order chi connectivity index (χ0) is 16.4. The van der Waals surface area contributed by atoms with Gasteiger partial charge in [0, 0.05) is 10.4 Å². The highest BCUT2D eigenvalue weighted by molar-refractivity contribution is 6.30. The molecule has 3 aromatic rings. The third kappa shape index (κ3) is 3.17. The Kier molecular flexibility index (Phi) is 4.26. The molecule has 0 amide bonds. The summed E-state index contributed by atoms with van der Waals surface area (Å²) in [4.78, 5) is 11.9. The number of methoxy groups -OCH3 is 1. The van der Waals surface area contributed by atoms with Gasteiger partial charge in [-0.1, -0.05) is 23.7 Å². The van der Waals surface area contributed by atoms with E-state index in [4.69, 9.17) is 25.5 Å². The smallest absolute Gasteiger partial charge is 0.342 e. The molecule has 0 saturated carbocycles. The summed E-state index contributed by atoms with van der Waals surface area (Å²) < 4.78 is 16.2. The molecule has 5 heteroatoms. The van der Waals surface area contributed by atoms with E-state index >= 15 is 0 Å². The largest absolute Gasteiger partial charge is 0.489 e. The normalized spacial score (nSPS) is 10.7. The van der Waals surface area contributed by atoms with Gasteiger partial charge in [0.15, 0.2) is 0 Å². The van der Waals surface area contributed by atoms with Gasteiger partial charge in [-0.25, -0.2) is 4.79 Å². The summed E-state index contributed by atoms with van der Waals surface area (Å²) in [5.74, 6) is 0.760. The zero-order valence-corrected chi connectivity index (χ0v) is 13.5. The number of carbonyl (C=O) groups is 1. The third-order valence-corrected chi connectivity index (χ3v) is 3.80. The fraction of sp³-hybridized carbons (Fsp3) is 0.167. The Balaban J connectivity index is 1.87. The second-order valence-electron chi connectivity index (χ2n) is 5.10. The number of esters is 1. The molecule has 118 valence electrons. The Morgan fingerprint density at radius 1 is 1.17 bits per heavy atom. The quantitative estimate of drug-likeness (QED) is 0.647. The topological polar surface area (TPSA) is 48.7 Å². The number of carbonyl (C=O) groups excluding carboxylic acids is 1. The number of ether oxygens (including phenoxy) is 2. The number of aryl methyl sites for hydroxylation is 1. The van der Waals surface area contributed by atoms with Crippen LogP contribution >= 0.6 is 11.6 Å². The van der Waals surface area contributed by atoms with Crippen LogP contribution in [0, 0.1) is 6.92 Å². The highest BCUT2D eigenvalue weighted by Gasteiger charge is 2.19. The Morgan fingerprint density at radius 2 is 1.91 bits per heavy atom. The molecule has 23 heavy (non-hydrogen) atoms. The van der Waals surface area contributed by atoms with Gasteiger partial charge in [-0.05, 0) is 42.8 Å². The van der Waals surface area contributed by atoms with Crippen LogP contribution in [0.3, 0.4) is 0 Å². The molecule has 0 N–H and O–H groups in total. The molecule has 0 aliphatic rings. The van der Waals surface area contributed by atoms with Crippen molar-refractivity contribution in [3.8, 4) is 5.75 Å². The maximum atomic E-state index is 11.9. The molecule has 1 heterocycles. The van der Waals surface area contributed by atoms with Crippen molar-refractivity contribution in [1.82, 2.24) is 0 Å². The lowest BCUT2D eigenvalue weighted by atomic mass is 10.1. The number of hydrogen-bond acceptors (Lipinski definition) is 4. The van der Waals surface area contributed by atoms with Gasteiger partial charge in [-0.15, -0.1) is 0 Å². The maximum absolute atomic E-state index is 11.9. The molecule has 0 radical (unpaired) electrons. The van der Waals surface area contributed by atoms with Crippen molar-refractivity contribution >= 4 is 28.5 Å². The number of fused-ring (bicyclic) bond motifs is 1. The summed E-state index contributed by atoms with van der Waals surface area (Å²) in [5, 5.41) is 1.37. The SMILES string of the molecule is COC(=O)c1c(C)oc2ccc(OCc3ccc(Cl)cc3)cc12. The Morgan fingerprint density at radius 3 is 2.61 bits per heavy atom. The van der Waals surface area contributed by atoms with Gasteiger partial charge in [0.05, 0.1) is 7.11 Å². The van der Waals surface area contributed by atoms with Crippen LogP contribution in [0.2, 0.25) is 5.02 Å². The van der Waals surface area contributed by atoms with Crippen LogP contribution in [-0.2, 0) is 11.3 Å². The second kappa shape index (κ2) is 6.34. The van der Waals surface area contributed by atoms with Crippen LogP contribution in [0.15, 0.2) is 46.9 Å². The molecule has 0 unspecified atom stereocenters. The third-order valence-electron chi connectivity index (χ3n) is 3.54. The first-order chi connectivity index (χ1) is 11.1. The minimum atomic E-state index is -0.420. The Bertz CT molecular complexity index is 849. The van der Waals surface area contributed by atoms with E-state index in [1.54, 1.807) is 19.1 Å². The highest BCUT2D eigenvalue weighted by atomic mass is 35.5. The lowest BCUT2D eigenvalue weighted by molar-refractivity contribution is 0.0601. The van der Waals surface area contributed by atoms with E-state index in [9.17, 15) is 4.79 Å². The minimum Gasteiger partial charge on any atom is -0.489 e. The fourth-order valence-corrected chi connectivity index (χ4v) is 2.52. The van der Waals surface area contributed by atoms with E-state index in [1.165, 1.54) is 7.11 Å². The van der Waals surface area contributed by atoms with Crippen molar-refractivity contribution in [2.24, 2.45) is 0 Å². The second-order valence-corrected chi connectivity index (χ2v) is 5.53. The molecular formula is C18H15ClO4. The average molecular weight is 331 g/mol. The molecule has 0 atom stereocenters. The number of rotatable bonds is 4. The molecule has 0 saturated heterocycles. The zero-order valence-electron chi connectivity index (χ0n) is 12.8. The molecule has 0 spiro atoms. The van der Waals surface area contributed by atoms with Crippen molar-refractivity contribution in [1.29, 1.82) is 0 Å². The van der Waals surface area contributed by atoms with Gasteiger partial charge in [0.1, 0.15) is 29.3 Å². The van der Waals surface area contributed by atoms with Crippen molar-refractivity contribution < 1.29 is 18.7 Å². The summed E-state index contributed by atoms with van der Waals surface area (Å²) in [7, 11) is 1.35. The average Bonchev–Trinajstić information content (AvgIpc) is 2.88. The minimum absolute atomic E-state index is 0.410. The summed E-state index contributed by atoms with van der Waals surface area (Å²) in [6.07, 6.45) is 0. The van der Waals surface area contributed by atoms with E-state index in [1.807, 2.05) is 30.3 Å². The maximum Gasteiger partial charge on any atom is 0.342 e. The standard InChI is InChI=1S/C18H15ClO4/c1-11-17(18(20)21-2)15-9-14(7-8-16(15)23-11)22-10-12-3-5-13(19)6-4-12/h3-9H,10H2,1-2H3. The molecule has 4 nitrogen and oxygen atoms in total. The molecular weight excluding hydrogens is 316 g/mol. The summed E-state index contributed by atoms with van der Waals surface area (Å²) in [5.41, 5.74) is 2.06. The summed E-state index contributed by atoms with van der Waals surface area (Å²) in [6, 6.07) is 12.8. The van der Waals surface area contributed by atoms with Crippen LogP contribution < -0.4 is 4.74 Å². The first-order valence-electron chi connectivity index (χ1n) is 7.07. The van der Waals surface area contributed by atoms with E-state index in [0.717, 1.165) is 5.56 Å². The first kappa shape index (κ1) is 15.4. The highest BCUT2D eigenvalue weighted by Crippen LogP contribution is 2.30. The van der Waals surface area contributed by atoms with Gasteiger partial charge >= 0.3 is 5.97 Å². The monoisotopic (exact) mass is 330 g/mol. The molecule has 0 aliphatic heterocycles. The number of furan rings is 1. The van der Waals surface area contributed by atoms with E-state index in [0.29, 0.717) is 39.7 Å². The van der Waals surface area contributed by atoms with E-state index in [-0.39, 0.29) is 0 Å². The number of halogens is 1. The molecule has 0 fully saturated rings. The summed E-state index contributed by atoms with van der Waals surface area (Å²) >= 11 is 5.86. The summed E-state index contributed by atoms with van der Waals surface area (Å²) in [6.45, 7) is 2.15. The van der Waals surface area contributed by atoms with Crippen LogP contribution in [0.5, 0.6) is 5.75 Å². The lowest BCUT2D eigenvalue weighted by Crippen LogP contribution is -2.02. The van der Waals surface area contributed by atoms with E-state index in [2.05, 4.69) is 0 Å². The van der Waals surface area contributed by atoms with E-state index < -0.39 is 5.97 Å². The van der Waals surface area contributed by atoms with Crippen molar-refractivity contribution in [3.63, 3.8) is 0 Å². The van der Waals surface area contributed by atoms with Gasteiger partial charge < -0.3 is 13.9 Å². The predicted molar refractivity (Wildman–Crippen MR) is 88.1 cm³/mol. The van der Waals surface area contributed by atoms with Crippen LogP contribution in [0.25, 0.3) is 11.0 Å². The molecule has 1 aromatic heterocycles. The number of hydrogen-bond donors (Lipinski definition) is 0. The molecule has 0 bridgehead atoms. The van der Waals surface area contributed by atoms with Gasteiger partial charge in [0.2, 0.25) is 0 Å². The van der Waals surface area contributed by atoms with Crippen LogP contribution in [0.1, 0.15) is 21.7 Å². The fourth-order valence-electron chi connectivity index (χ4n) is 2.39.